The number of ether oxygens (including phenoxy) is 1. The highest BCUT2D eigenvalue weighted by Gasteiger charge is 2.05. The van der Waals surface area contributed by atoms with E-state index >= 15 is 0 Å². The Balaban J connectivity index is 2.10. The second-order valence-corrected chi connectivity index (χ2v) is 5.25. The fourth-order valence-corrected chi connectivity index (χ4v) is 2.68. The fraction of sp³-hybridized carbons (Fsp3) is 0.167. The minimum atomic E-state index is -0.272. The lowest BCUT2D eigenvalue weighted by atomic mass is 10.2. The van der Waals surface area contributed by atoms with Crippen LogP contribution in [0.2, 0.25) is 0 Å². The average Bonchev–Trinajstić information content (AvgIpc) is 2.66. The Hall–Kier alpha value is -0.870. The highest BCUT2D eigenvalue weighted by atomic mass is 79.9. The van der Waals surface area contributed by atoms with Crippen LogP contribution in [-0.2, 0) is 6.61 Å². The summed E-state index contributed by atoms with van der Waals surface area (Å²) in [4.78, 5) is 1.10. The van der Waals surface area contributed by atoms with Gasteiger partial charge in [0.05, 0.1) is 4.88 Å². The van der Waals surface area contributed by atoms with Crippen LogP contribution in [0.3, 0.4) is 0 Å². The Morgan fingerprint density at radius 1 is 1.38 bits per heavy atom. The van der Waals surface area contributed by atoms with Crippen molar-refractivity contribution in [2.75, 3.05) is 0 Å². The number of thiophene rings is 1. The predicted octanol–water partition coefficient (Wildman–Crippen LogP) is 4.54. The van der Waals surface area contributed by atoms with E-state index in [9.17, 15) is 4.39 Å². The van der Waals surface area contributed by atoms with E-state index in [1.54, 1.807) is 17.4 Å². The van der Waals surface area contributed by atoms with Crippen molar-refractivity contribution in [3.63, 3.8) is 0 Å². The molecule has 0 aliphatic heterocycles. The summed E-state index contributed by atoms with van der Waals surface area (Å²) >= 11 is 5.04. The van der Waals surface area contributed by atoms with Gasteiger partial charge in [-0.3, -0.25) is 0 Å². The number of aryl methyl sites for hydroxylation is 1. The van der Waals surface area contributed by atoms with E-state index in [4.69, 9.17) is 4.74 Å². The van der Waals surface area contributed by atoms with Crippen molar-refractivity contribution in [2.45, 2.75) is 13.5 Å². The van der Waals surface area contributed by atoms with Crippen molar-refractivity contribution in [1.82, 2.24) is 0 Å². The van der Waals surface area contributed by atoms with Gasteiger partial charge in [-0.15, -0.1) is 11.3 Å². The highest BCUT2D eigenvalue weighted by molar-refractivity contribution is 9.10. The molecular weight excluding hydrogens is 291 g/mol. The number of hydrogen-bond donors (Lipinski definition) is 0. The Bertz CT molecular complexity index is 496. The molecule has 0 unspecified atom stereocenters. The third kappa shape index (κ3) is 2.62. The first-order valence-electron chi connectivity index (χ1n) is 4.77. The maximum Gasteiger partial charge on any atom is 0.126 e. The van der Waals surface area contributed by atoms with Gasteiger partial charge in [0.1, 0.15) is 18.2 Å². The van der Waals surface area contributed by atoms with Crippen molar-refractivity contribution < 1.29 is 9.13 Å². The summed E-state index contributed by atoms with van der Waals surface area (Å²) in [5.74, 6) is 0.325. The second kappa shape index (κ2) is 4.97. The number of benzene rings is 1. The molecule has 1 aromatic carbocycles. The zero-order chi connectivity index (χ0) is 11.5. The van der Waals surface area contributed by atoms with Crippen LogP contribution in [0, 0.1) is 12.7 Å². The summed E-state index contributed by atoms with van der Waals surface area (Å²) in [6, 6.07) is 6.54. The third-order valence-corrected chi connectivity index (χ3v) is 4.10. The molecule has 0 spiro atoms. The molecule has 0 saturated carbocycles. The number of halogens is 2. The molecule has 0 radical (unpaired) electrons. The van der Waals surface area contributed by atoms with Crippen LogP contribution in [0.25, 0.3) is 0 Å². The number of rotatable bonds is 3. The van der Waals surface area contributed by atoms with Gasteiger partial charge in [0.25, 0.3) is 0 Å². The maximum atomic E-state index is 13.0. The van der Waals surface area contributed by atoms with E-state index in [1.807, 2.05) is 18.4 Å². The van der Waals surface area contributed by atoms with Gasteiger partial charge in [0, 0.05) is 10.5 Å². The first kappa shape index (κ1) is 11.6. The summed E-state index contributed by atoms with van der Waals surface area (Å²) in [6.07, 6.45) is 0. The summed E-state index contributed by atoms with van der Waals surface area (Å²) in [7, 11) is 0. The minimum absolute atomic E-state index is 0.272. The Morgan fingerprint density at radius 3 is 2.88 bits per heavy atom. The minimum Gasteiger partial charge on any atom is -0.488 e. The summed E-state index contributed by atoms with van der Waals surface area (Å²) in [6.45, 7) is 2.36. The van der Waals surface area contributed by atoms with Crippen LogP contribution < -0.4 is 4.74 Å². The molecule has 0 aliphatic carbocycles. The molecule has 84 valence electrons. The maximum absolute atomic E-state index is 13.0. The van der Waals surface area contributed by atoms with Crippen LogP contribution in [0.5, 0.6) is 5.75 Å². The van der Waals surface area contributed by atoms with Gasteiger partial charge >= 0.3 is 0 Å². The van der Waals surface area contributed by atoms with Crippen molar-refractivity contribution in [3.05, 3.63) is 50.4 Å². The Morgan fingerprint density at radius 2 is 2.19 bits per heavy atom. The molecule has 0 bridgehead atoms. The fourth-order valence-electron chi connectivity index (χ4n) is 1.30. The molecule has 2 aromatic rings. The van der Waals surface area contributed by atoms with E-state index in [2.05, 4.69) is 15.9 Å². The van der Waals surface area contributed by atoms with Crippen LogP contribution in [0.15, 0.2) is 34.1 Å². The summed E-state index contributed by atoms with van der Waals surface area (Å²) < 4.78 is 19.6. The van der Waals surface area contributed by atoms with Gasteiger partial charge in [0.15, 0.2) is 0 Å². The van der Waals surface area contributed by atoms with Crippen LogP contribution in [-0.4, -0.2) is 0 Å². The first-order chi connectivity index (χ1) is 7.66. The van der Waals surface area contributed by atoms with Crippen LogP contribution in [0.4, 0.5) is 4.39 Å². The van der Waals surface area contributed by atoms with Gasteiger partial charge in [-0.05, 0) is 45.9 Å². The SMILES string of the molecule is Cc1ccc(F)cc1OCc1sccc1Br. The van der Waals surface area contributed by atoms with E-state index < -0.39 is 0 Å². The third-order valence-electron chi connectivity index (χ3n) is 2.20. The van der Waals surface area contributed by atoms with E-state index in [-0.39, 0.29) is 5.82 Å². The first-order valence-corrected chi connectivity index (χ1v) is 6.45. The van der Waals surface area contributed by atoms with E-state index in [1.165, 1.54) is 12.1 Å². The van der Waals surface area contributed by atoms with Crippen molar-refractivity contribution >= 4 is 27.3 Å². The molecule has 1 aromatic heterocycles. The van der Waals surface area contributed by atoms with Gasteiger partial charge in [-0.2, -0.15) is 0 Å². The van der Waals surface area contributed by atoms with Gasteiger partial charge in [-0.25, -0.2) is 4.39 Å². The van der Waals surface area contributed by atoms with E-state index in [0.717, 1.165) is 14.9 Å². The molecule has 0 saturated heterocycles. The molecular formula is C12H10BrFOS. The zero-order valence-electron chi connectivity index (χ0n) is 8.67. The molecule has 0 amide bonds. The molecule has 0 fully saturated rings. The largest absolute Gasteiger partial charge is 0.488 e. The molecule has 4 heteroatoms. The smallest absolute Gasteiger partial charge is 0.126 e. The average molecular weight is 301 g/mol. The lowest BCUT2D eigenvalue weighted by Gasteiger charge is -2.08. The van der Waals surface area contributed by atoms with Crippen molar-refractivity contribution in [3.8, 4) is 5.75 Å². The quantitative estimate of drug-likeness (QED) is 0.809. The summed E-state index contributed by atoms with van der Waals surface area (Å²) in [5.41, 5.74) is 0.939. The Labute approximate surface area is 106 Å². The molecule has 0 aliphatic rings. The Kier molecular flexibility index (Phi) is 3.61. The lowest BCUT2D eigenvalue weighted by Crippen LogP contribution is -1.96. The molecule has 2 rings (SSSR count). The van der Waals surface area contributed by atoms with Crippen LogP contribution in [0.1, 0.15) is 10.4 Å². The normalized spacial score (nSPS) is 10.4. The number of hydrogen-bond acceptors (Lipinski definition) is 2. The van der Waals surface area contributed by atoms with E-state index in [0.29, 0.717) is 12.4 Å². The van der Waals surface area contributed by atoms with Crippen LogP contribution >= 0.6 is 27.3 Å². The molecule has 16 heavy (non-hydrogen) atoms. The van der Waals surface area contributed by atoms with Gasteiger partial charge in [-0.1, -0.05) is 6.07 Å². The lowest BCUT2D eigenvalue weighted by molar-refractivity contribution is 0.305. The monoisotopic (exact) mass is 300 g/mol. The molecule has 0 atom stereocenters. The zero-order valence-corrected chi connectivity index (χ0v) is 11.1. The molecule has 0 N–H and O–H groups in total. The molecule has 1 heterocycles. The predicted molar refractivity (Wildman–Crippen MR) is 67.5 cm³/mol. The van der Waals surface area contributed by atoms with Crippen molar-refractivity contribution in [2.24, 2.45) is 0 Å². The van der Waals surface area contributed by atoms with Crippen molar-refractivity contribution in [1.29, 1.82) is 0 Å². The second-order valence-electron chi connectivity index (χ2n) is 3.39. The highest BCUT2D eigenvalue weighted by Crippen LogP contribution is 2.26. The molecule has 1 nitrogen and oxygen atoms in total. The summed E-state index contributed by atoms with van der Waals surface area (Å²) in [5, 5.41) is 1.99. The standard InChI is InChI=1S/C12H10BrFOS/c1-8-2-3-9(14)6-11(8)15-7-12-10(13)4-5-16-12/h2-6H,7H2,1H3. The van der Waals surface area contributed by atoms with Gasteiger partial charge in [0.2, 0.25) is 0 Å². The topological polar surface area (TPSA) is 9.23 Å². The van der Waals surface area contributed by atoms with Gasteiger partial charge < -0.3 is 4.74 Å².